The zero-order chi connectivity index (χ0) is 21.9. The molecule has 0 saturated heterocycles. The zero-order valence-corrected chi connectivity index (χ0v) is 16.9. The van der Waals surface area contributed by atoms with Gasteiger partial charge in [-0.3, -0.25) is 10.2 Å². The number of rotatable bonds is 5. The molecule has 0 unspecified atom stereocenters. The molecule has 0 fully saturated rings. The number of halogens is 3. The summed E-state index contributed by atoms with van der Waals surface area (Å²) in [7, 11) is 0. The number of alkyl halides is 3. The standard InChI is InChI=1S/C20H18F3N5OS/c1-11-3-8-15(17(24)28-19(29)16-12(2)26-10-30-16)18(27-11)25-9-13-4-6-14(7-5-13)20(21,22)23/h3-8,10H,9H2,1-2H3,(H,25,27)(H2,24,28,29). The number of hydrogen-bond acceptors (Lipinski definition) is 6. The first-order valence-corrected chi connectivity index (χ1v) is 9.71. The van der Waals surface area contributed by atoms with Crippen molar-refractivity contribution in [1.82, 2.24) is 15.3 Å². The van der Waals surface area contributed by atoms with E-state index in [0.717, 1.165) is 12.1 Å². The molecule has 0 spiro atoms. The van der Waals surface area contributed by atoms with E-state index in [0.29, 0.717) is 33.2 Å². The van der Waals surface area contributed by atoms with Crippen LogP contribution in [0.4, 0.5) is 19.0 Å². The molecular weight excluding hydrogens is 415 g/mol. The molecule has 156 valence electrons. The molecule has 0 saturated carbocycles. The average molecular weight is 433 g/mol. The number of aromatic nitrogens is 2. The Morgan fingerprint density at radius 1 is 1.13 bits per heavy atom. The van der Waals surface area contributed by atoms with Gasteiger partial charge < -0.3 is 10.6 Å². The van der Waals surface area contributed by atoms with Gasteiger partial charge in [0.25, 0.3) is 5.91 Å². The largest absolute Gasteiger partial charge is 0.416 e. The summed E-state index contributed by atoms with van der Waals surface area (Å²) in [6.07, 6.45) is -4.39. The summed E-state index contributed by atoms with van der Waals surface area (Å²) in [5.41, 5.74) is 3.08. The number of carbonyl (C=O) groups is 1. The predicted molar refractivity (Wildman–Crippen MR) is 109 cm³/mol. The second kappa shape index (κ2) is 8.62. The third-order valence-corrected chi connectivity index (χ3v) is 5.16. The number of pyridine rings is 1. The van der Waals surface area contributed by atoms with Crippen LogP contribution >= 0.6 is 11.3 Å². The fraction of sp³-hybridized carbons (Fsp3) is 0.200. The summed E-state index contributed by atoms with van der Waals surface area (Å²) < 4.78 is 38.1. The number of nitrogens with zero attached hydrogens (tertiary/aromatic N) is 2. The summed E-state index contributed by atoms with van der Waals surface area (Å²) in [5.74, 6) is -0.231. The SMILES string of the molecule is Cc1ccc(C(=N)NC(=O)c2scnc2C)c(NCc2ccc(C(F)(F)F)cc2)n1. The predicted octanol–water partition coefficient (Wildman–Crippen LogP) is 4.54. The van der Waals surface area contributed by atoms with Crippen LogP contribution in [0.25, 0.3) is 0 Å². The maximum Gasteiger partial charge on any atom is 0.416 e. The molecule has 10 heteroatoms. The first kappa shape index (κ1) is 21.4. The van der Waals surface area contributed by atoms with Crippen LogP contribution in [-0.4, -0.2) is 21.7 Å². The van der Waals surface area contributed by atoms with Crippen LogP contribution in [-0.2, 0) is 12.7 Å². The van der Waals surface area contributed by atoms with Gasteiger partial charge in [0.15, 0.2) is 0 Å². The summed E-state index contributed by atoms with van der Waals surface area (Å²) in [6.45, 7) is 3.69. The minimum atomic E-state index is -4.39. The van der Waals surface area contributed by atoms with E-state index in [-0.39, 0.29) is 12.4 Å². The van der Waals surface area contributed by atoms with E-state index in [1.165, 1.54) is 23.5 Å². The number of benzene rings is 1. The molecule has 0 bridgehead atoms. The third-order valence-electron chi connectivity index (χ3n) is 4.24. The lowest BCUT2D eigenvalue weighted by atomic mass is 10.1. The van der Waals surface area contributed by atoms with Gasteiger partial charge in [-0.25, -0.2) is 9.97 Å². The topological polar surface area (TPSA) is 90.8 Å². The monoisotopic (exact) mass is 433 g/mol. The van der Waals surface area contributed by atoms with Gasteiger partial charge in [0.05, 0.1) is 22.3 Å². The van der Waals surface area contributed by atoms with Crippen LogP contribution in [0, 0.1) is 19.3 Å². The van der Waals surface area contributed by atoms with Gasteiger partial charge in [0.2, 0.25) is 0 Å². The van der Waals surface area contributed by atoms with Crippen LogP contribution in [0.15, 0.2) is 41.9 Å². The molecule has 30 heavy (non-hydrogen) atoms. The van der Waals surface area contributed by atoms with Crippen molar-refractivity contribution in [3.05, 3.63) is 74.9 Å². The average Bonchev–Trinajstić information content (AvgIpc) is 3.12. The van der Waals surface area contributed by atoms with Gasteiger partial charge in [-0.05, 0) is 43.7 Å². The van der Waals surface area contributed by atoms with E-state index in [9.17, 15) is 18.0 Å². The molecule has 0 radical (unpaired) electrons. The Balaban J connectivity index is 1.74. The van der Waals surface area contributed by atoms with E-state index in [1.807, 2.05) is 0 Å². The van der Waals surface area contributed by atoms with E-state index in [2.05, 4.69) is 20.6 Å². The van der Waals surface area contributed by atoms with Gasteiger partial charge in [-0.15, -0.1) is 11.3 Å². The number of carbonyl (C=O) groups excluding carboxylic acids is 1. The highest BCUT2D eigenvalue weighted by molar-refractivity contribution is 7.11. The molecule has 0 aliphatic rings. The van der Waals surface area contributed by atoms with Crippen molar-refractivity contribution < 1.29 is 18.0 Å². The Morgan fingerprint density at radius 3 is 2.43 bits per heavy atom. The second-order valence-electron chi connectivity index (χ2n) is 6.49. The Kier molecular flexibility index (Phi) is 6.16. The molecule has 1 amide bonds. The van der Waals surface area contributed by atoms with E-state index in [1.54, 1.807) is 31.5 Å². The Labute approximate surface area is 174 Å². The molecule has 1 aromatic carbocycles. The van der Waals surface area contributed by atoms with Crippen LogP contribution in [0.5, 0.6) is 0 Å². The quantitative estimate of drug-likeness (QED) is 0.407. The summed E-state index contributed by atoms with van der Waals surface area (Å²) in [5, 5.41) is 13.8. The van der Waals surface area contributed by atoms with Crippen molar-refractivity contribution in [1.29, 1.82) is 5.41 Å². The first-order chi connectivity index (χ1) is 14.1. The fourth-order valence-electron chi connectivity index (χ4n) is 2.65. The van der Waals surface area contributed by atoms with Crippen LogP contribution in [0.3, 0.4) is 0 Å². The molecule has 3 N–H and O–H groups in total. The second-order valence-corrected chi connectivity index (χ2v) is 7.35. The molecule has 0 aliphatic carbocycles. The minimum Gasteiger partial charge on any atom is -0.365 e. The first-order valence-electron chi connectivity index (χ1n) is 8.83. The van der Waals surface area contributed by atoms with Crippen molar-refractivity contribution in [3.63, 3.8) is 0 Å². The lowest BCUT2D eigenvalue weighted by molar-refractivity contribution is -0.137. The number of aryl methyl sites for hydroxylation is 2. The normalized spacial score (nSPS) is 11.2. The number of nitrogens with one attached hydrogen (secondary N) is 3. The van der Waals surface area contributed by atoms with Crippen molar-refractivity contribution in [2.45, 2.75) is 26.6 Å². The highest BCUT2D eigenvalue weighted by Gasteiger charge is 2.29. The lowest BCUT2D eigenvalue weighted by Crippen LogP contribution is -2.31. The number of amidine groups is 1. The molecule has 0 aliphatic heterocycles. The summed E-state index contributed by atoms with van der Waals surface area (Å²) >= 11 is 1.18. The van der Waals surface area contributed by atoms with E-state index in [4.69, 9.17) is 5.41 Å². The zero-order valence-electron chi connectivity index (χ0n) is 16.1. The molecule has 2 heterocycles. The van der Waals surface area contributed by atoms with Gasteiger partial charge in [-0.1, -0.05) is 12.1 Å². The van der Waals surface area contributed by atoms with Crippen molar-refractivity contribution in [2.75, 3.05) is 5.32 Å². The van der Waals surface area contributed by atoms with E-state index < -0.39 is 17.6 Å². The number of anilines is 1. The maximum atomic E-state index is 12.7. The van der Waals surface area contributed by atoms with Crippen molar-refractivity contribution in [3.8, 4) is 0 Å². The third kappa shape index (κ3) is 5.01. The molecule has 2 aromatic heterocycles. The molecule has 3 aromatic rings. The lowest BCUT2D eigenvalue weighted by Gasteiger charge is -2.14. The molecule has 3 rings (SSSR count). The number of thiazole rings is 1. The highest BCUT2D eigenvalue weighted by Crippen LogP contribution is 2.29. The van der Waals surface area contributed by atoms with E-state index >= 15 is 0 Å². The van der Waals surface area contributed by atoms with Crippen LogP contribution in [0.1, 0.15) is 37.7 Å². The summed E-state index contributed by atoms with van der Waals surface area (Å²) in [6, 6.07) is 8.15. The smallest absolute Gasteiger partial charge is 0.365 e. The fourth-order valence-corrected chi connectivity index (χ4v) is 3.35. The highest BCUT2D eigenvalue weighted by atomic mass is 32.1. The van der Waals surface area contributed by atoms with Crippen LogP contribution < -0.4 is 10.6 Å². The molecule has 0 atom stereocenters. The molecular formula is C20H18F3N5OS. The van der Waals surface area contributed by atoms with Crippen LogP contribution in [0.2, 0.25) is 0 Å². The van der Waals surface area contributed by atoms with Gasteiger partial charge >= 0.3 is 6.18 Å². The minimum absolute atomic E-state index is 0.143. The van der Waals surface area contributed by atoms with Crippen molar-refractivity contribution in [2.24, 2.45) is 0 Å². The maximum absolute atomic E-state index is 12.7. The number of amides is 1. The number of hydrogen-bond donors (Lipinski definition) is 3. The summed E-state index contributed by atoms with van der Waals surface area (Å²) in [4.78, 5) is 21.2. The van der Waals surface area contributed by atoms with Gasteiger partial charge in [-0.2, -0.15) is 13.2 Å². The Morgan fingerprint density at radius 2 is 1.83 bits per heavy atom. The van der Waals surface area contributed by atoms with Crippen molar-refractivity contribution >= 4 is 28.9 Å². The Hall–Kier alpha value is -3.27. The van der Waals surface area contributed by atoms with Gasteiger partial charge in [0.1, 0.15) is 16.5 Å². The van der Waals surface area contributed by atoms with Gasteiger partial charge in [0, 0.05) is 12.2 Å². The Bertz CT molecular complexity index is 1080. The molecule has 6 nitrogen and oxygen atoms in total.